The second-order valence-corrected chi connectivity index (χ2v) is 4.65. The predicted molar refractivity (Wildman–Crippen MR) is 75.1 cm³/mol. The fourth-order valence-electron chi connectivity index (χ4n) is 1.84. The molecule has 116 valence electrons. The van der Waals surface area contributed by atoms with Crippen LogP contribution >= 0.6 is 0 Å². The Hall–Kier alpha value is -2.77. The Balaban J connectivity index is 2.11. The number of carboxylic acid groups (broad SMARTS) is 1. The molecule has 0 saturated carbocycles. The number of nitrogens with zero attached hydrogens (tertiary/aromatic N) is 3. The summed E-state index contributed by atoms with van der Waals surface area (Å²) >= 11 is 0. The number of hydrogen-bond donors (Lipinski definition) is 2. The van der Waals surface area contributed by atoms with E-state index in [-0.39, 0.29) is 5.69 Å². The zero-order valence-corrected chi connectivity index (χ0v) is 11.9. The summed E-state index contributed by atoms with van der Waals surface area (Å²) in [4.78, 5) is 24.2. The van der Waals surface area contributed by atoms with Crippen molar-refractivity contribution in [1.82, 2.24) is 20.3 Å². The molecule has 0 fully saturated rings. The molecule has 2 rings (SSSR count). The van der Waals surface area contributed by atoms with Crippen molar-refractivity contribution in [2.75, 3.05) is 0 Å². The molecule has 0 saturated heterocycles. The van der Waals surface area contributed by atoms with Crippen LogP contribution in [0.15, 0.2) is 30.5 Å². The summed E-state index contributed by atoms with van der Waals surface area (Å²) in [6.45, 7) is 1.83. The highest BCUT2D eigenvalue weighted by Crippen LogP contribution is 2.07. The third-order valence-corrected chi connectivity index (χ3v) is 2.96. The second kappa shape index (κ2) is 6.79. The number of aromatic nitrogens is 3. The van der Waals surface area contributed by atoms with Crippen LogP contribution in [0.25, 0.3) is 5.69 Å². The predicted octanol–water partition coefficient (Wildman–Crippen LogP) is 1.39. The van der Waals surface area contributed by atoms with Gasteiger partial charge in [0.05, 0.1) is 11.9 Å². The van der Waals surface area contributed by atoms with E-state index in [9.17, 15) is 14.0 Å². The van der Waals surface area contributed by atoms with Gasteiger partial charge in [0.25, 0.3) is 5.91 Å². The molecule has 0 spiro atoms. The number of carbonyl (C=O) groups excluding carboxylic acids is 1. The first kappa shape index (κ1) is 15.6. The van der Waals surface area contributed by atoms with Crippen LogP contribution in [-0.4, -0.2) is 38.0 Å². The van der Waals surface area contributed by atoms with Gasteiger partial charge in [0.1, 0.15) is 11.9 Å². The summed E-state index contributed by atoms with van der Waals surface area (Å²) in [5, 5.41) is 19.3. The quantitative estimate of drug-likeness (QED) is 0.840. The van der Waals surface area contributed by atoms with E-state index >= 15 is 0 Å². The first-order valence-corrected chi connectivity index (χ1v) is 6.73. The summed E-state index contributed by atoms with van der Waals surface area (Å²) < 4.78 is 12.9. The van der Waals surface area contributed by atoms with E-state index in [4.69, 9.17) is 5.11 Å². The lowest BCUT2D eigenvalue weighted by Crippen LogP contribution is -2.40. The van der Waals surface area contributed by atoms with E-state index in [1.807, 2.05) is 6.92 Å². The minimum atomic E-state index is -1.10. The van der Waals surface area contributed by atoms with Gasteiger partial charge in [0, 0.05) is 0 Å². The molecule has 2 N–H and O–H groups in total. The van der Waals surface area contributed by atoms with Gasteiger partial charge in [-0.25, -0.2) is 9.18 Å². The Morgan fingerprint density at radius 2 is 2.05 bits per heavy atom. The third-order valence-electron chi connectivity index (χ3n) is 2.96. The van der Waals surface area contributed by atoms with Gasteiger partial charge in [-0.15, -0.1) is 5.10 Å². The number of carbonyl (C=O) groups is 2. The molecule has 0 aliphatic rings. The molecule has 1 atom stereocenters. The molecular formula is C14H15FN4O3. The number of benzene rings is 1. The molecule has 1 amide bonds. The summed E-state index contributed by atoms with van der Waals surface area (Å²) in [7, 11) is 0. The number of amides is 1. The maximum absolute atomic E-state index is 12.9. The first-order valence-electron chi connectivity index (χ1n) is 6.73. The Labute approximate surface area is 125 Å². The molecular weight excluding hydrogens is 291 g/mol. The maximum Gasteiger partial charge on any atom is 0.326 e. The largest absolute Gasteiger partial charge is 0.480 e. The molecule has 0 aliphatic heterocycles. The Morgan fingerprint density at radius 1 is 1.36 bits per heavy atom. The van der Waals surface area contributed by atoms with Crippen molar-refractivity contribution in [1.29, 1.82) is 0 Å². The molecule has 1 aromatic carbocycles. The average Bonchev–Trinajstić information content (AvgIpc) is 2.97. The number of rotatable bonds is 6. The van der Waals surface area contributed by atoms with Crippen molar-refractivity contribution in [3.05, 3.63) is 42.0 Å². The molecule has 1 aromatic heterocycles. The summed E-state index contributed by atoms with van der Waals surface area (Å²) in [6, 6.07) is 4.47. The van der Waals surface area contributed by atoms with Gasteiger partial charge in [0.2, 0.25) is 0 Å². The SMILES string of the molecule is CCCC(NC(=O)c1cnn(-c2ccc(F)cc2)n1)C(=O)O. The molecule has 0 radical (unpaired) electrons. The van der Waals surface area contributed by atoms with Crippen LogP contribution in [0.2, 0.25) is 0 Å². The Bertz CT molecular complexity index is 669. The van der Waals surface area contributed by atoms with Gasteiger partial charge in [-0.2, -0.15) is 9.90 Å². The molecule has 0 aliphatic carbocycles. The van der Waals surface area contributed by atoms with Crippen LogP contribution in [0.3, 0.4) is 0 Å². The molecule has 7 nitrogen and oxygen atoms in total. The van der Waals surface area contributed by atoms with Gasteiger partial charge >= 0.3 is 5.97 Å². The fraction of sp³-hybridized carbons (Fsp3) is 0.286. The number of hydrogen-bond acceptors (Lipinski definition) is 4. The van der Waals surface area contributed by atoms with E-state index < -0.39 is 23.7 Å². The molecule has 0 bridgehead atoms. The van der Waals surface area contributed by atoms with Crippen molar-refractivity contribution < 1.29 is 19.1 Å². The van der Waals surface area contributed by atoms with Crippen LogP contribution in [-0.2, 0) is 4.79 Å². The average molecular weight is 306 g/mol. The normalized spacial score (nSPS) is 11.9. The van der Waals surface area contributed by atoms with Crippen molar-refractivity contribution in [3.63, 3.8) is 0 Å². The molecule has 22 heavy (non-hydrogen) atoms. The molecule has 1 unspecified atom stereocenters. The van der Waals surface area contributed by atoms with Crippen LogP contribution in [0, 0.1) is 5.82 Å². The molecule has 1 heterocycles. The third kappa shape index (κ3) is 3.66. The van der Waals surface area contributed by atoms with Gasteiger partial charge in [0.15, 0.2) is 5.69 Å². The van der Waals surface area contributed by atoms with Crippen LogP contribution < -0.4 is 5.32 Å². The summed E-state index contributed by atoms with van der Waals surface area (Å²) in [5.74, 6) is -2.10. The standard InChI is InChI=1S/C14H15FN4O3/c1-2-3-11(14(21)22)17-13(20)12-8-16-19(18-12)10-6-4-9(15)5-7-10/h4-8,11H,2-3H2,1H3,(H,17,20)(H,21,22). The smallest absolute Gasteiger partial charge is 0.326 e. The molecule has 8 heteroatoms. The van der Waals surface area contributed by atoms with Gasteiger partial charge in [-0.1, -0.05) is 13.3 Å². The van der Waals surface area contributed by atoms with Crippen LogP contribution in [0.1, 0.15) is 30.3 Å². The van der Waals surface area contributed by atoms with Crippen molar-refractivity contribution in [2.24, 2.45) is 0 Å². The number of aliphatic carboxylic acids is 1. The van der Waals surface area contributed by atoms with Crippen LogP contribution in [0.4, 0.5) is 4.39 Å². The topological polar surface area (TPSA) is 97.1 Å². The molecule has 2 aromatic rings. The van der Waals surface area contributed by atoms with E-state index in [0.717, 1.165) is 0 Å². The number of halogens is 1. The fourth-order valence-corrected chi connectivity index (χ4v) is 1.84. The zero-order chi connectivity index (χ0) is 16.1. The number of nitrogens with one attached hydrogen (secondary N) is 1. The first-order chi connectivity index (χ1) is 10.5. The Kier molecular flexibility index (Phi) is 4.82. The highest BCUT2D eigenvalue weighted by Gasteiger charge is 2.21. The lowest BCUT2D eigenvalue weighted by Gasteiger charge is -2.11. The van der Waals surface area contributed by atoms with E-state index in [2.05, 4.69) is 15.5 Å². The highest BCUT2D eigenvalue weighted by molar-refractivity contribution is 5.94. The monoisotopic (exact) mass is 306 g/mol. The van der Waals surface area contributed by atoms with E-state index in [0.29, 0.717) is 18.5 Å². The maximum atomic E-state index is 12.9. The van der Waals surface area contributed by atoms with Gasteiger partial charge in [-0.3, -0.25) is 4.79 Å². The van der Waals surface area contributed by atoms with Crippen molar-refractivity contribution in [2.45, 2.75) is 25.8 Å². The summed E-state index contributed by atoms with van der Waals surface area (Å²) in [5.41, 5.74) is 0.482. The van der Waals surface area contributed by atoms with Crippen LogP contribution in [0.5, 0.6) is 0 Å². The van der Waals surface area contributed by atoms with E-state index in [1.54, 1.807) is 0 Å². The van der Waals surface area contributed by atoms with Crippen molar-refractivity contribution >= 4 is 11.9 Å². The number of carboxylic acids is 1. The van der Waals surface area contributed by atoms with Gasteiger partial charge in [-0.05, 0) is 30.7 Å². The van der Waals surface area contributed by atoms with E-state index in [1.165, 1.54) is 35.3 Å². The lowest BCUT2D eigenvalue weighted by atomic mass is 10.1. The van der Waals surface area contributed by atoms with Crippen molar-refractivity contribution in [3.8, 4) is 5.69 Å². The van der Waals surface area contributed by atoms with Gasteiger partial charge < -0.3 is 10.4 Å². The highest BCUT2D eigenvalue weighted by atomic mass is 19.1. The zero-order valence-electron chi connectivity index (χ0n) is 11.9. The lowest BCUT2D eigenvalue weighted by molar-refractivity contribution is -0.139. The summed E-state index contributed by atoms with van der Waals surface area (Å²) in [6.07, 6.45) is 2.18. The minimum absolute atomic E-state index is 0.00771. The Morgan fingerprint density at radius 3 is 2.64 bits per heavy atom. The minimum Gasteiger partial charge on any atom is -0.480 e. The second-order valence-electron chi connectivity index (χ2n) is 4.65.